The molecule has 3 rings (SSSR count). The number of nitrogens with one attached hydrogen (secondary N) is 1. The van der Waals surface area contributed by atoms with Crippen LogP contribution >= 0.6 is 11.8 Å². The van der Waals surface area contributed by atoms with E-state index < -0.39 is 22.8 Å². The molecule has 0 aliphatic carbocycles. The van der Waals surface area contributed by atoms with Gasteiger partial charge in [0.25, 0.3) is 11.6 Å². The van der Waals surface area contributed by atoms with Gasteiger partial charge in [0.1, 0.15) is 5.82 Å². The fraction of sp³-hybridized carbons (Fsp3) is 0.263. The quantitative estimate of drug-likeness (QED) is 0.461. The van der Waals surface area contributed by atoms with Crippen molar-refractivity contribution in [3.8, 4) is 0 Å². The van der Waals surface area contributed by atoms with Crippen molar-refractivity contribution >= 4 is 29.3 Å². The Bertz CT molecular complexity index is 950. The number of thioether (sulfide) groups is 1. The average Bonchev–Trinajstić information content (AvgIpc) is 2.68. The van der Waals surface area contributed by atoms with Crippen LogP contribution in [0.1, 0.15) is 45.7 Å². The molecule has 1 unspecified atom stereocenters. The molecule has 0 aromatic heterocycles. The molecule has 0 fully saturated rings. The Balaban J connectivity index is 1.90. The summed E-state index contributed by atoms with van der Waals surface area (Å²) in [7, 11) is 0. The summed E-state index contributed by atoms with van der Waals surface area (Å²) in [6, 6.07) is 7.67. The number of halogens is 1. The molecule has 146 valence electrons. The van der Waals surface area contributed by atoms with Crippen molar-refractivity contribution < 1.29 is 23.6 Å². The van der Waals surface area contributed by atoms with E-state index >= 15 is 0 Å². The molecule has 28 heavy (non-hydrogen) atoms. The van der Waals surface area contributed by atoms with E-state index in [2.05, 4.69) is 5.32 Å². The molecule has 0 bridgehead atoms. The summed E-state index contributed by atoms with van der Waals surface area (Å²) in [5.41, 5.74) is 0.169. The first-order chi connectivity index (χ1) is 13.4. The molecule has 2 aromatic carbocycles. The number of benzene rings is 2. The van der Waals surface area contributed by atoms with Crippen LogP contribution in [-0.2, 0) is 4.74 Å². The maximum atomic E-state index is 14.0. The summed E-state index contributed by atoms with van der Waals surface area (Å²) < 4.78 is 18.9. The van der Waals surface area contributed by atoms with Gasteiger partial charge in [-0.3, -0.25) is 14.9 Å². The first-order valence-corrected chi connectivity index (χ1v) is 9.58. The molecule has 0 spiro atoms. The molecule has 1 N–H and O–H groups in total. The summed E-state index contributed by atoms with van der Waals surface area (Å²) in [6.07, 6.45) is 0.590. The lowest BCUT2D eigenvalue weighted by molar-refractivity contribution is -0.384. The van der Waals surface area contributed by atoms with Crippen molar-refractivity contribution in [1.29, 1.82) is 0 Å². The summed E-state index contributed by atoms with van der Waals surface area (Å²) in [4.78, 5) is 35.7. The molecule has 1 heterocycles. The second-order valence-corrected chi connectivity index (χ2v) is 7.17. The molecule has 0 saturated carbocycles. The van der Waals surface area contributed by atoms with E-state index in [1.54, 1.807) is 19.1 Å². The number of carbonyl (C=O) groups is 2. The van der Waals surface area contributed by atoms with Crippen LogP contribution in [0.2, 0.25) is 0 Å². The Morgan fingerprint density at radius 3 is 2.79 bits per heavy atom. The predicted molar refractivity (Wildman–Crippen MR) is 101 cm³/mol. The molecule has 0 saturated heterocycles. The Morgan fingerprint density at radius 2 is 2.07 bits per heavy atom. The highest BCUT2D eigenvalue weighted by atomic mass is 32.2. The van der Waals surface area contributed by atoms with Crippen molar-refractivity contribution in [1.82, 2.24) is 5.32 Å². The molecule has 7 nitrogen and oxygen atoms in total. The third-order valence-electron chi connectivity index (χ3n) is 4.23. The zero-order valence-electron chi connectivity index (χ0n) is 14.9. The van der Waals surface area contributed by atoms with E-state index in [4.69, 9.17) is 4.74 Å². The van der Waals surface area contributed by atoms with Crippen LogP contribution in [-0.4, -0.2) is 29.2 Å². The van der Waals surface area contributed by atoms with Crippen LogP contribution < -0.4 is 5.32 Å². The number of amides is 1. The number of ether oxygens (including phenoxy) is 1. The van der Waals surface area contributed by atoms with Gasteiger partial charge in [-0.1, -0.05) is 12.1 Å². The normalized spacial score (nSPS) is 15.4. The van der Waals surface area contributed by atoms with E-state index in [0.29, 0.717) is 22.6 Å². The standard InChI is InChI=1S/C19H17FN2O5S/c1-2-27-19(24)12-8-11(9-13(10-12)22(25)26)18(23)21-16-6-7-28-17-14(16)4-3-5-15(17)20/h3-5,8-10,16H,2,6-7H2,1H3,(H,21,23). The van der Waals surface area contributed by atoms with Crippen molar-refractivity contribution in [2.75, 3.05) is 12.4 Å². The fourth-order valence-corrected chi connectivity index (χ4v) is 4.10. The molecule has 1 aliphatic heterocycles. The van der Waals surface area contributed by atoms with Gasteiger partial charge in [-0.15, -0.1) is 11.8 Å². The first kappa shape index (κ1) is 19.8. The third-order valence-corrected chi connectivity index (χ3v) is 5.39. The van der Waals surface area contributed by atoms with Crippen LogP contribution in [0.5, 0.6) is 0 Å². The van der Waals surface area contributed by atoms with Crippen LogP contribution in [0.15, 0.2) is 41.3 Å². The van der Waals surface area contributed by atoms with Gasteiger partial charge in [0.05, 0.1) is 23.1 Å². The molecular weight excluding hydrogens is 387 g/mol. The van der Waals surface area contributed by atoms with Gasteiger partial charge in [0, 0.05) is 28.3 Å². The van der Waals surface area contributed by atoms with E-state index in [9.17, 15) is 24.1 Å². The zero-order chi connectivity index (χ0) is 20.3. The lowest BCUT2D eigenvalue weighted by Gasteiger charge is -2.26. The minimum atomic E-state index is -0.748. The molecule has 0 radical (unpaired) electrons. The smallest absolute Gasteiger partial charge is 0.338 e. The van der Waals surface area contributed by atoms with Gasteiger partial charge in [-0.2, -0.15) is 0 Å². The number of esters is 1. The SMILES string of the molecule is CCOC(=O)c1cc(C(=O)NC2CCSc3c(F)cccc32)cc([N+](=O)[O-])c1. The molecule has 9 heteroatoms. The van der Waals surface area contributed by atoms with Crippen molar-refractivity contribution in [2.45, 2.75) is 24.3 Å². The highest BCUT2D eigenvalue weighted by molar-refractivity contribution is 7.99. The average molecular weight is 404 g/mol. The Morgan fingerprint density at radius 1 is 1.32 bits per heavy atom. The Kier molecular flexibility index (Phi) is 5.93. The number of hydrogen-bond acceptors (Lipinski definition) is 6. The van der Waals surface area contributed by atoms with Crippen molar-refractivity contribution in [3.63, 3.8) is 0 Å². The lowest BCUT2D eigenvalue weighted by Crippen LogP contribution is -2.31. The number of hydrogen-bond donors (Lipinski definition) is 1. The predicted octanol–water partition coefficient (Wildman–Crippen LogP) is 3.88. The van der Waals surface area contributed by atoms with E-state index in [-0.39, 0.29) is 29.2 Å². The largest absolute Gasteiger partial charge is 0.462 e. The summed E-state index contributed by atoms with van der Waals surface area (Å²) in [5.74, 6) is -1.05. The monoisotopic (exact) mass is 404 g/mol. The number of nitrogens with zero attached hydrogens (tertiary/aromatic N) is 1. The van der Waals surface area contributed by atoms with Crippen LogP contribution in [0, 0.1) is 15.9 Å². The highest BCUT2D eigenvalue weighted by Gasteiger charge is 2.26. The van der Waals surface area contributed by atoms with Gasteiger partial charge in [-0.05, 0) is 31.0 Å². The third kappa shape index (κ3) is 4.14. The topological polar surface area (TPSA) is 98.5 Å². The second kappa shape index (κ2) is 8.39. The highest BCUT2D eigenvalue weighted by Crippen LogP contribution is 2.37. The van der Waals surface area contributed by atoms with Crippen molar-refractivity contribution in [2.24, 2.45) is 0 Å². The van der Waals surface area contributed by atoms with E-state index in [1.165, 1.54) is 23.9 Å². The molecule has 2 aromatic rings. The lowest BCUT2D eigenvalue weighted by atomic mass is 10.0. The minimum absolute atomic E-state index is 0.0339. The van der Waals surface area contributed by atoms with Gasteiger partial charge in [-0.25, -0.2) is 9.18 Å². The number of carbonyl (C=O) groups excluding carboxylic acids is 2. The number of nitro benzene ring substituents is 1. The fourth-order valence-electron chi connectivity index (χ4n) is 2.96. The maximum absolute atomic E-state index is 14.0. The van der Waals surface area contributed by atoms with Gasteiger partial charge in [0.2, 0.25) is 0 Å². The zero-order valence-corrected chi connectivity index (χ0v) is 15.8. The maximum Gasteiger partial charge on any atom is 0.338 e. The van der Waals surface area contributed by atoms with Gasteiger partial charge in [0.15, 0.2) is 0 Å². The number of nitro groups is 1. The molecule has 1 aliphatic rings. The molecular formula is C19H17FN2O5S. The van der Waals surface area contributed by atoms with Crippen LogP contribution in [0.4, 0.5) is 10.1 Å². The van der Waals surface area contributed by atoms with E-state index in [0.717, 1.165) is 12.1 Å². The summed E-state index contributed by atoms with van der Waals surface area (Å²) >= 11 is 1.38. The molecule has 1 atom stereocenters. The Hall–Kier alpha value is -2.94. The first-order valence-electron chi connectivity index (χ1n) is 8.59. The van der Waals surface area contributed by atoms with E-state index in [1.807, 2.05) is 0 Å². The second-order valence-electron chi connectivity index (χ2n) is 6.07. The van der Waals surface area contributed by atoms with Crippen LogP contribution in [0.25, 0.3) is 0 Å². The Labute approximate surface area is 164 Å². The van der Waals surface area contributed by atoms with Crippen molar-refractivity contribution in [3.05, 3.63) is 69.0 Å². The number of non-ortho nitro benzene ring substituents is 1. The number of fused-ring (bicyclic) bond motifs is 1. The van der Waals surface area contributed by atoms with Crippen LogP contribution in [0.3, 0.4) is 0 Å². The van der Waals surface area contributed by atoms with Gasteiger partial charge < -0.3 is 10.1 Å². The molecule has 1 amide bonds. The summed E-state index contributed by atoms with van der Waals surface area (Å²) in [5, 5.41) is 14.0. The summed E-state index contributed by atoms with van der Waals surface area (Å²) in [6.45, 7) is 1.71. The number of rotatable bonds is 5. The van der Waals surface area contributed by atoms with Gasteiger partial charge >= 0.3 is 5.97 Å². The minimum Gasteiger partial charge on any atom is -0.462 e.